The highest BCUT2D eigenvalue weighted by molar-refractivity contribution is 8.18. The molecule has 2 aromatic rings. The molecule has 1 saturated heterocycles. The van der Waals surface area contributed by atoms with Crippen molar-refractivity contribution in [2.24, 2.45) is 0 Å². The number of hydrogen-bond donors (Lipinski definition) is 1. The van der Waals surface area contributed by atoms with Crippen molar-refractivity contribution in [3.05, 3.63) is 62.5 Å². The number of amides is 2. The minimum Gasteiger partial charge on any atom is -0.490 e. The van der Waals surface area contributed by atoms with Gasteiger partial charge in [0.2, 0.25) is 0 Å². The van der Waals surface area contributed by atoms with E-state index in [-0.39, 0.29) is 5.24 Å². The van der Waals surface area contributed by atoms with Crippen LogP contribution in [0.2, 0.25) is 10.0 Å². The molecule has 27 heavy (non-hydrogen) atoms. The fourth-order valence-corrected chi connectivity index (χ4v) is 3.37. The van der Waals surface area contributed by atoms with Crippen molar-refractivity contribution in [1.29, 1.82) is 0 Å². The Labute approximate surface area is 170 Å². The summed E-state index contributed by atoms with van der Waals surface area (Å²) in [7, 11) is 0. The summed E-state index contributed by atoms with van der Waals surface area (Å²) in [5.41, 5.74) is 1.60. The second-order valence-electron chi connectivity index (χ2n) is 5.53. The van der Waals surface area contributed by atoms with Gasteiger partial charge in [-0.25, -0.2) is 0 Å². The number of hydrogen-bond acceptors (Lipinski definition) is 5. The quantitative estimate of drug-likeness (QED) is 0.638. The molecule has 3 rings (SSSR count). The first kappa shape index (κ1) is 19.6. The van der Waals surface area contributed by atoms with Crippen molar-refractivity contribution in [3.63, 3.8) is 0 Å². The molecule has 1 aliphatic heterocycles. The standard InChI is InChI=1S/C19H15Cl2NO4S/c1-2-25-16-8-11(9-17-18(23)22-19(24)27-17)4-6-15(16)26-10-12-3-5-13(20)14(21)7-12/h3-9H,2,10H2,1H3,(H,22,23,24)/b17-9+. The number of ether oxygens (including phenoxy) is 2. The third-order valence-electron chi connectivity index (χ3n) is 3.59. The summed E-state index contributed by atoms with van der Waals surface area (Å²) in [6, 6.07) is 10.6. The summed E-state index contributed by atoms with van der Waals surface area (Å²) in [6.07, 6.45) is 1.64. The highest BCUT2D eigenvalue weighted by Crippen LogP contribution is 2.32. The van der Waals surface area contributed by atoms with Crippen molar-refractivity contribution in [2.75, 3.05) is 6.61 Å². The molecule has 2 amide bonds. The molecule has 140 valence electrons. The van der Waals surface area contributed by atoms with Gasteiger partial charge in [-0.05, 0) is 60.2 Å². The first-order chi connectivity index (χ1) is 13.0. The molecule has 0 aliphatic carbocycles. The van der Waals surface area contributed by atoms with Crippen LogP contribution in [0.25, 0.3) is 6.08 Å². The Kier molecular flexibility index (Phi) is 6.31. The van der Waals surface area contributed by atoms with Gasteiger partial charge in [0.25, 0.3) is 11.1 Å². The lowest BCUT2D eigenvalue weighted by atomic mass is 10.2. The molecule has 1 heterocycles. The number of carbonyl (C=O) groups is 2. The molecule has 0 radical (unpaired) electrons. The second-order valence-corrected chi connectivity index (χ2v) is 7.36. The first-order valence-electron chi connectivity index (χ1n) is 8.04. The van der Waals surface area contributed by atoms with Gasteiger partial charge in [0.15, 0.2) is 11.5 Å². The van der Waals surface area contributed by atoms with Crippen molar-refractivity contribution < 1.29 is 19.1 Å². The number of thioether (sulfide) groups is 1. The predicted molar refractivity (Wildman–Crippen MR) is 108 cm³/mol. The van der Waals surface area contributed by atoms with E-state index in [0.717, 1.165) is 22.9 Å². The maximum Gasteiger partial charge on any atom is 0.290 e. The Morgan fingerprint density at radius 2 is 1.85 bits per heavy atom. The van der Waals surface area contributed by atoms with Gasteiger partial charge in [-0.1, -0.05) is 35.3 Å². The molecule has 0 saturated carbocycles. The Balaban J connectivity index is 1.79. The van der Waals surface area contributed by atoms with Gasteiger partial charge in [0.05, 0.1) is 21.6 Å². The number of benzene rings is 2. The third kappa shape index (κ3) is 4.97. The van der Waals surface area contributed by atoms with Crippen LogP contribution in [0.15, 0.2) is 41.3 Å². The Bertz CT molecular complexity index is 930. The van der Waals surface area contributed by atoms with Crippen LogP contribution in [-0.2, 0) is 11.4 Å². The molecular weight excluding hydrogens is 409 g/mol. The zero-order chi connectivity index (χ0) is 19.4. The summed E-state index contributed by atoms with van der Waals surface area (Å²) < 4.78 is 11.5. The van der Waals surface area contributed by atoms with Crippen molar-refractivity contribution >= 4 is 52.2 Å². The second kappa shape index (κ2) is 8.69. The molecule has 1 aliphatic rings. The molecular formula is C19H15Cl2NO4S. The van der Waals surface area contributed by atoms with E-state index in [1.54, 1.807) is 36.4 Å². The van der Waals surface area contributed by atoms with E-state index in [0.29, 0.717) is 39.7 Å². The molecule has 2 aromatic carbocycles. The first-order valence-corrected chi connectivity index (χ1v) is 9.62. The highest BCUT2D eigenvalue weighted by Gasteiger charge is 2.25. The van der Waals surface area contributed by atoms with Gasteiger partial charge in [-0.15, -0.1) is 0 Å². The minimum absolute atomic E-state index is 0.296. The number of carbonyl (C=O) groups excluding carboxylic acids is 2. The lowest BCUT2D eigenvalue weighted by Gasteiger charge is -2.13. The summed E-state index contributed by atoms with van der Waals surface area (Å²) in [4.78, 5) is 23.3. The Hall–Kier alpha value is -2.15. The Morgan fingerprint density at radius 3 is 2.52 bits per heavy atom. The molecule has 0 atom stereocenters. The van der Waals surface area contributed by atoms with Crippen LogP contribution < -0.4 is 14.8 Å². The average molecular weight is 424 g/mol. The molecule has 1 fully saturated rings. The van der Waals surface area contributed by atoms with Crippen LogP contribution in [0.1, 0.15) is 18.1 Å². The zero-order valence-corrected chi connectivity index (χ0v) is 16.6. The SMILES string of the molecule is CCOc1cc(/C=C2/SC(=O)NC2=O)ccc1OCc1ccc(Cl)c(Cl)c1. The Morgan fingerprint density at radius 1 is 1.04 bits per heavy atom. The van der Waals surface area contributed by atoms with E-state index in [9.17, 15) is 9.59 Å². The predicted octanol–water partition coefficient (Wildman–Crippen LogP) is 5.30. The van der Waals surface area contributed by atoms with E-state index in [4.69, 9.17) is 32.7 Å². The normalized spacial score (nSPS) is 15.1. The molecule has 0 aromatic heterocycles. The van der Waals surface area contributed by atoms with E-state index in [1.807, 2.05) is 13.0 Å². The molecule has 0 unspecified atom stereocenters. The van der Waals surface area contributed by atoms with Crippen molar-refractivity contribution in [1.82, 2.24) is 5.32 Å². The van der Waals surface area contributed by atoms with E-state index < -0.39 is 5.91 Å². The van der Waals surface area contributed by atoms with E-state index in [2.05, 4.69) is 5.32 Å². The fraction of sp³-hybridized carbons (Fsp3) is 0.158. The minimum atomic E-state index is -0.400. The van der Waals surface area contributed by atoms with Crippen LogP contribution in [-0.4, -0.2) is 17.8 Å². The third-order valence-corrected chi connectivity index (χ3v) is 5.14. The van der Waals surface area contributed by atoms with Crippen LogP contribution >= 0.6 is 35.0 Å². The largest absolute Gasteiger partial charge is 0.490 e. The maximum absolute atomic E-state index is 11.7. The van der Waals surface area contributed by atoms with Crippen molar-refractivity contribution in [3.8, 4) is 11.5 Å². The maximum atomic E-state index is 11.7. The molecule has 8 heteroatoms. The highest BCUT2D eigenvalue weighted by atomic mass is 35.5. The van der Waals surface area contributed by atoms with Crippen LogP contribution in [0.5, 0.6) is 11.5 Å². The zero-order valence-electron chi connectivity index (χ0n) is 14.3. The smallest absolute Gasteiger partial charge is 0.290 e. The number of nitrogens with one attached hydrogen (secondary N) is 1. The van der Waals surface area contributed by atoms with Crippen LogP contribution in [0.3, 0.4) is 0 Å². The van der Waals surface area contributed by atoms with Gasteiger partial charge in [-0.2, -0.15) is 0 Å². The van der Waals surface area contributed by atoms with Crippen LogP contribution in [0, 0.1) is 0 Å². The van der Waals surface area contributed by atoms with Crippen molar-refractivity contribution in [2.45, 2.75) is 13.5 Å². The van der Waals surface area contributed by atoms with Gasteiger partial charge < -0.3 is 9.47 Å². The number of rotatable bonds is 6. The summed E-state index contributed by atoms with van der Waals surface area (Å²) >= 11 is 12.8. The van der Waals surface area contributed by atoms with E-state index >= 15 is 0 Å². The number of halogens is 2. The van der Waals surface area contributed by atoms with Gasteiger partial charge in [-0.3, -0.25) is 14.9 Å². The van der Waals surface area contributed by atoms with Crippen LogP contribution in [0.4, 0.5) is 4.79 Å². The molecule has 0 spiro atoms. The van der Waals surface area contributed by atoms with Gasteiger partial charge in [0.1, 0.15) is 6.61 Å². The van der Waals surface area contributed by atoms with Gasteiger partial charge >= 0.3 is 0 Å². The summed E-state index contributed by atoms with van der Waals surface area (Å²) in [5.74, 6) is 0.703. The fourth-order valence-electron chi connectivity index (χ4n) is 2.36. The monoisotopic (exact) mass is 423 g/mol. The topological polar surface area (TPSA) is 64.6 Å². The lowest BCUT2D eigenvalue weighted by Crippen LogP contribution is -2.17. The number of imide groups is 1. The summed E-state index contributed by atoms with van der Waals surface area (Å²) in [5, 5.41) is 2.80. The van der Waals surface area contributed by atoms with E-state index in [1.165, 1.54) is 0 Å². The molecule has 5 nitrogen and oxygen atoms in total. The molecule has 1 N–H and O–H groups in total. The van der Waals surface area contributed by atoms with Gasteiger partial charge in [0, 0.05) is 0 Å². The lowest BCUT2D eigenvalue weighted by molar-refractivity contribution is -0.115. The summed E-state index contributed by atoms with van der Waals surface area (Å²) in [6.45, 7) is 2.62. The average Bonchev–Trinajstić information content (AvgIpc) is 2.94. The molecule has 0 bridgehead atoms.